The van der Waals surface area contributed by atoms with Crippen LogP contribution in [0.25, 0.3) is 0 Å². The van der Waals surface area contributed by atoms with E-state index in [1.807, 2.05) is 20.8 Å². The quantitative estimate of drug-likeness (QED) is 0.922. The molecule has 1 amide bonds. The van der Waals surface area contributed by atoms with Crippen molar-refractivity contribution in [1.29, 1.82) is 0 Å². The standard InChI is InChI=1S/C18H25N5O2/c1-11-10-15(14(4)25-11)17(24)21-16-12(2)19-18(20-13(16)3)23-8-6-22(5)7-9-23/h10H,6-9H2,1-5H3,(H,21,24). The van der Waals surface area contributed by atoms with Gasteiger partial charge in [0.2, 0.25) is 5.95 Å². The number of rotatable bonds is 3. The van der Waals surface area contributed by atoms with Gasteiger partial charge in [-0.25, -0.2) is 9.97 Å². The van der Waals surface area contributed by atoms with Crippen molar-refractivity contribution in [3.05, 3.63) is 34.5 Å². The zero-order valence-electron chi connectivity index (χ0n) is 15.5. The van der Waals surface area contributed by atoms with Crippen LogP contribution in [0, 0.1) is 27.7 Å². The number of furan rings is 1. The summed E-state index contributed by atoms with van der Waals surface area (Å²) in [4.78, 5) is 26.2. The van der Waals surface area contributed by atoms with Gasteiger partial charge in [0.15, 0.2) is 0 Å². The van der Waals surface area contributed by atoms with Gasteiger partial charge in [0.05, 0.1) is 22.6 Å². The van der Waals surface area contributed by atoms with Crippen LogP contribution in [-0.4, -0.2) is 54.0 Å². The molecular formula is C18H25N5O2. The third kappa shape index (κ3) is 3.66. The summed E-state index contributed by atoms with van der Waals surface area (Å²) in [6.07, 6.45) is 0. The number of anilines is 2. The summed E-state index contributed by atoms with van der Waals surface area (Å²) in [5.74, 6) is 1.87. The van der Waals surface area contributed by atoms with E-state index < -0.39 is 0 Å². The second-order valence-electron chi connectivity index (χ2n) is 6.64. The van der Waals surface area contributed by atoms with E-state index in [1.165, 1.54) is 0 Å². The van der Waals surface area contributed by atoms with Crippen molar-refractivity contribution in [3.63, 3.8) is 0 Å². The molecule has 0 aromatic carbocycles. The molecule has 7 heteroatoms. The molecule has 2 aromatic heterocycles. The first kappa shape index (κ1) is 17.4. The van der Waals surface area contributed by atoms with E-state index in [1.54, 1.807) is 13.0 Å². The van der Waals surface area contributed by atoms with E-state index in [0.717, 1.165) is 49.3 Å². The van der Waals surface area contributed by atoms with Gasteiger partial charge in [0.25, 0.3) is 5.91 Å². The monoisotopic (exact) mass is 343 g/mol. The summed E-state index contributed by atoms with van der Waals surface area (Å²) in [5, 5.41) is 2.94. The fraction of sp³-hybridized carbons (Fsp3) is 0.500. The average molecular weight is 343 g/mol. The minimum absolute atomic E-state index is 0.198. The maximum atomic E-state index is 12.5. The lowest BCUT2D eigenvalue weighted by Crippen LogP contribution is -2.45. The summed E-state index contributed by atoms with van der Waals surface area (Å²) in [6.45, 7) is 11.2. The van der Waals surface area contributed by atoms with Crippen molar-refractivity contribution in [2.75, 3.05) is 43.4 Å². The van der Waals surface area contributed by atoms with Crippen LogP contribution >= 0.6 is 0 Å². The van der Waals surface area contributed by atoms with E-state index in [9.17, 15) is 4.79 Å². The van der Waals surface area contributed by atoms with Gasteiger partial charge in [-0.05, 0) is 40.8 Å². The lowest BCUT2D eigenvalue weighted by Gasteiger charge is -2.32. The number of nitrogens with zero attached hydrogens (tertiary/aromatic N) is 4. The van der Waals surface area contributed by atoms with Gasteiger partial charge in [-0.3, -0.25) is 4.79 Å². The highest BCUT2D eigenvalue weighted by atomic mass is 16.3. The normalized spacial score (nSPS) is 15.5. The molecular weight excluding hydrogens is 318 g/mol. The Hall–Kier alpha value is -2.41. The van der Waals surface area contributed by atoms with Gasteiger partial charge in [-0.15, -0.1) is 0 Å². The SMILES string of the molecule is Cc1cc(C(=O)Nc2c(C)nc(N3CCN(C)CC3)nc2C)c(C)o1. The van der Waals surface area contributed by atoms with Crippen LogP contribution < -0.4 is 10.2 Å². The zero-order chi connectivity index (χ0) is 18.1. The van der Waals surface area contributed by atoms with Crippen LogP contribution in [0.15, 0.2) is 10.5 Å². The first-order chi connectivity index (χ1) is 11.8. The van der Waals surface area contributed by atoms with Crippen molar-refractivity contribution in [1.82, 2.24) is 14.9 Å². The molecule has 1 fully saturated rings. The molecule has 25 heavy (non-hydrogen) atoms. The number of carbonyl (C=O) groups is 1. The lowest BCUT2D eigenvalue weighted by atomic mass is 10.2. The van der Waals surface area contributed by atoms with Crippen molar-refractivity contribution >= 4 is 17.5 Å². The summed E-state index contributed by atoms with van der Waals surface area (Å²) in [6, 6.07) is 1.74. The molecule has 0 unspecified atom stereocenters. The van der Waals surface area contributed by atoms with Gasteiger partial charge in [0, 0.05) is 26.2 Å². The average Bonchev–Trinajstić information content (AvgIpc) is 2.90. The van der Waals surface area contributed by atoms with Crippen LogP contribution in [0.1, 0.15) is 33.3 Å². The molecule has 0 bridgehead atoms. The Bertz CT molecular complexity index is 768. The number of nitrogens with one attached hydrogen (secondary N) is 1. The summed E-state index contributed by atoms with van der Waals surface area (Å²) in [7, 11) is 2.12. The van der Waals surface area contributed by atoms with Crippen LogP contribution in [0.5, 0.6) is 0 Å². The number of piperazine rings is 1. The predicted molar refractivity (Wildman–Crippen MR) is 97.4 cm³/mol. The van der Waals surface area contributed by atoms with Crippen molar-refractivity contribution < 1.29 is 9.21 Å². The highest BCUT2D eigenvalue weighted by molar-refractivity contribution is 6.05. The smallest absolute Gasteiger partial charge is 0.259 e. The van der Waals surface area contributed by atoms with Gasteiger partial charge in [-0.1, -0.05) is 0 Å². The topological polar surface area (TPSA) is 74.5 Å². The largest absolute Gasteiger partial charge is 0.466 e. The maximum Gasteiger partial charge on any atom is 0.259 e. The number of aromatic nitrogens is 2. The van der Waals surface area contributed by atoms with Gasteiger partial charge < -0.3 is 19.5 Å². The Morgan fingerprint density at radius 1 is 1.08 bits per heavy atom. The molecule has 7 nitrogen and oxygen atoms in total. The third-order valence-corrected chi connectivity index (χ3v) is 4.57. The molecule has 2 aromatic rings. The van der Waals surface area contributed by atoms with Crippen LogP contribution in [0.2, 0.25) is 0 Å². The molecule has 1 N–H and O–H groups in total. The number of aryl methyl sites for hydroxylation is 4. The fourth-order valence-electron chi connectivity index (χ4n) is 3.06. The molecule has 3 rings (SSSR count). The second-order valence-corrected chi connectivity index (χ2v) is 6.64. The summed E-state index contributed by atoms with van der Waals surface area (Å²) in [5.41, 5.74) is 2.75. The Kier molecular flexibility index (Phi) is 4.76. The van der Waals surface area contributed by atoms with E-state index in [0.29, 0.717) is 17.0 Å². The molecule has 1 aliphatic rings. The Morgan fingerprint density at radius 3 is 2.20 bits per heavy atom. The van der Waals surface area contributed by atoms with E-state index in [2.05, 4.69) is 32.1 Å². The van der Waals surface area contributed by atoms with E-state index in [-0.39, 0.29) is 5.91 Å². The Labute approximate surface area is 148 Å². The molecule has 0 spiro atoms. The van der Waals surface area contributed by atoms with Crippen molar-refractivity contribution in [2.45, 2.75) is 27.7 Å². The van der Waals surface area contributed by atoms with Crippen LogP contribution in [0.3, 0.4) is 0 Å². The highest BCUT2D eigenvalue weighted by Gasteiger charge is 2.20. The number of likely N-dealkylation sites (N-methyl/N-ethyl adjacent to an activating group) is 1. The third-order valence-electron chi connectivity index (χ3n) is 4.57. The molecule has 1 saturated heterocycles. The minimum atomic E-state index is -0.198. The predicted octanol–water partition coefficient (Wildman–Crippen LogP) is 2.31. The minimum Gasteiger partial charge on any atom is -0.466 e. The second kappa shape index (κ2) is 6.84. The van der Waals surface area contributed by atoms with Crippen LogP contribution in [-0.2, 0) is 0 Å². The number of amides is 1. The summed E-state index contributed by atoms with van der Waals surface area (Å²) < 4.78 is 5.44. The molecule has 3 heterocycles. The van der Waals surface area contributed by atoms with Crippen LogP contribution in [0.4, 0.5) is 11.6 Å². The maximum absolute atomic E-state index is 12.5. The lowest BCUT2D eigenvalue weighted by molar-refractivity contribution is 0.102. The van der Waals surface area contributed by atoms with Gasteiger partial charge >= 0.3 is 0 Å². The van der Waals surface area contributed by atoms with Gasteiger partial charge in [0.1, 0.15) is 11.5 Å². The summed E-state index contributed by atoms with van der Waals surface area (Å²) >= 11 is 0. The first-order valence-corrected chi connectivity index (χ1v) is 8.52. The molecule has 0 radical (unpaired) electrons. The number of hydrogen-bond donors (Lipinski definition) is 1. The molecule has 0 aliphatic carbocycles. The Morgan fingerprint density at radius 2 is 1.68 bits per heavy atom. The van der Waals surface area contributed by atoms with Crippen molar-refractivity contribution in [3.8, 4) is 0 Å². The number of carbonyl (C=O) groups excluding carboxylic acids is 1. The molecule has 1 aliphatic heterocycles. The van der Waals surface area contributed by atoms with E-state index in [4.69, 9.17) is 4.42 Å². The Balaban J connectivity index is 1.81. The molecule has 0 atom stereocenters. The van der Waals surface area contributed by atoms with Gasteiger partial charge in [-0.2, -0.15) is 0 Å². The van der Waals surface area contributed by atoms with E-state index >= 15 is 0 Å². The molecule has 134 valence electrons. The number of hydrogen-bond acceptors (Lipinski definition) is 6. The first-order valence-electron chi connectivity index (χ1n) is 8.52. The highest BCUT2D eigenvalue weighted by Crippen LogP contribution is 2.23. The van der Waals surface area contributed by atoms with Crippen molar-refractivity contribution in [2.24, 2.45) is 0 Å². The zero-order valence-corrected chi connectivity index (χ0v) is 15.5. The molecule has 0 saturated carbocycles. The fourth-order valence-corrected chi connectivity index (χ4v) is 3.06.